The molecule has 4 rings (SSSR count). The topological polar surface area (TPSA) is 52.6 Å². The molecule has 0 saturated carbocycles. The molecule has 1 N–H and O–H groups in total. The third-order valence-corrected chi connectivity index (χ3v) is 6.60. The molecule has 158 valence electrons. The van der Waals surface area contributed by atoms with Crippen molar-refractivity contribution in [1.82, 2.24) is 0 Å². The van der Waals surface area contributed by atoms with E-state index in [1.807, 2.05) is 72.4 Å². The zero-order valence-electron chi connectivity index (χ0n) is 17.2. The minimum absolute atomic E-state index is 0.0677. The van der Waals surface area contributed by atoms with Gasteiger partial charge in [-0.05, 0) is 54.1 Å². The van der Waals surface area contributed by atoms with Gasteiger partial charge in [-0.3, -0.25) is 14.5 Å². The Hall–Kier alpha value is -2.96. The number of anilines is 3. The molecular formula is C24H22ClN3O2S. The van der Waals surface area contributed by atoms with E-state index in [2.05, 4.69) is 5.32 Å². The van der Waals surface area contributed by atoms with Crippen LogP contribution in [0.2, 0.25) is 5.02 Å². The van der Waals surface area contributed by atoms with E-state index in [4.69, 9.17) is 11.6 Å². The quantitative estimate of drug-likeness (QED) is 0.561. The zero-order chi connectivity index (χ0) is 22.0. The van der Waals surface area contributed by atoms with Crippen LogP contribution in [0.3, 0.4) is 0 Å². The van der Waals surface area contributed by atoms with Crippen LogP contribution in [0, 0.1) is 0 Å². The first-order valence-corrected chi connectivity index (χ1v) is 11.2. The van der Waals surface area contributed by atoms with Gasteiger partial charge in [-0.2, -0.15) is 0 Å². The zero-order valence-corrected chi connectivity index (χ0v) is 18.8. The molecule has 3 aromatic carbocycles. The maximum absolute atomic E-state index is 12.7. The number of rotatable bonds is 5. The molecule has 0 radical (unpaired) electrons. The SMILES string of the molecule is CN(C)c1ccc(N2C(=O)CSC2c2cccc(NC(=O)c3ccccc3Cl)c2)cc1. The van der Waals surface area contributed by atoms with Gasteiger partial charge in [0, 0.05) is 31.2 Å². The first-order valence-electron chi connectivity index (χ1n) is 9.81. The molecule has 31 heavy (non-hydrogen) atoms. The summed E-state index contributed by atoms with van der Waals surface area (Å²) in [6.07, 6.45) is 0. The fraction of sp³-hybridized carbons (Fsp3) is 0.167. The molecule has 1 atom stereocenters. The lowest BCUT2D eigenvalue weighted by atomic mass is 10.1. The molecule has 1 aliphatic rings. The van der Waals surface area contributed by atoms with Crippen molar-refractivity contribution in [1.29, 1.82) is 0 Å². The summed E-state index contributed by atoms with van der Waals surface area (Å²) in [5.74, 6) is 0.211. The molecule has 3 aromatic rings. The van der Waals surface area contributed by atoms with E-state index in [9.17, 15) is 9.59 Å². The number of amides is 2. The largest absolute Gasteiger partial charge is 0.378 e. The highest BCUT2D eigenvalue weighted by Crippen LogP contribution is 2.42. The predicted molar refractivity (Wildman–Crippen MR) is 129 cm³/mol. The van der Waals surface area contributed by atoms with Crippen molar-refractivity contribution in [3.05, 3.63) is 88.9 Å². The van der Waals surface area contributed by atoms with E-state index in [1.165, 1.54) is 0 Å². The second-order valence-corrected chi connectivity index (χ2v) is 8.87. The Morgan fingerprint density at radius 2 is 1.81 bits per heavy atom. The van der Waals surface area contributed by atoms with Crippen LogP contribution in [-0.2, 0) is 4.79 Å². The van der Waals surface area contributed by atoms with Gasteiger partial charge in [0.2, 0.25) is 5.91 Å². The molecular weight excluding hydrogens is 430 g/mol. The number of carbonyl (C=O) groups is 2. The van der Waals surface area contributed by atoms with Crippen LogP contribution in [0.15, 0.2) is 72.8 Å². The van der Waals surface area contributed by atoms with Crippen LogP contribution in [0.25, 0.3) is 0 Å². The summed E-state index contributed by atoms with van der Waals surface area (Å²) in [5.41, 5.74) is 3.96. The van der Waals surface area contributed by atoms with Crippen molar-refractivity contribution in [3.8, 4) is 0 Å². The second-order valence-electron chi connectivity index (χ2n) is 7.40. The van der Waals surface area contributed by atoms with Crippen molar-refractivity contribution in [3.63, 3.8) is 0 Å². The fourth-order valence-corrected chi connectivity index (χ4v) is 4.86. The first-order chi connectivity index (χ1) is 14.9. The van der Waals surface area contributed by atoms with Crippen molar-refractivity contribution < 1.29 is 9.59 Å². The lowest BCUT2D eigenvalue weighted by Crippen LogP contribution is -2.27. The third kappa shape index (κ3) is 4.55. The fourth-order valence-electron chi connectivity index (χ4n) is 3.47. The molecule has 1 saturated heterocycles. The van der Waals surface area contributed by atoms with Gasteiger partial charge in [0.25, 0.3) is 5.91 Å². The number of hydrogen-bond donors (Lipinski definition) is 1. The van der Waals surface area contributed by atoms with E-state index in [1.54, 1.807) is 36.0 Å². The molecule has 0 aliphatic carbocycles. The number of carbonyl (C=O) groups excluding carboxylic acids is 2. The van der Waals surface area contributed by atoms with E-state index >= 15 is 0 Å². The molecule has 0 bridgehead atoms. The molecule has 1 heterocycles. The lowest BCUT2D eigenvalue weighted by Gasteiger charge is -2.25. The van der Waals surface area contributed by atoms with E-state index < -0.39 is 0 Å². The monoisotopic (exact) mass is 451 g/mol. The minimum Gasteiger partial charge on any atom is -0.378 e. The van der Waals surface area contributed by atoms with Crippen molar-refractivity contribution in [2.24, 2.45) is 0 Å². The maximum atomic E-state index is 12.7. The molecule has 0 spiro atoms. The van der Waals surface area contributed by atoms with Crippen LogP contribution in [0.5, 0.6) is 0 Å². The molecule has 5 nitrogen and oxygen atoms in total. The minimum atomic E-state index is -0.269. The summed E-state index contributed by atoms with van der Waals surface area (Å²) < 4.78 is 0. The van der Waals surface area contributed by atoms with Crippen LogP contribution in [0.1, 0.15) is 21.3 Å². The highest BCUT2D eigenvalue weighted by molar-refractivity contribution is 8.00. The summed E-state index contributed by atoms with van der Waals surface area (Å²) in [7, 11) is 3.97. The molecule has 7 heteroatoms. The summed E-state index contributed by atoms with van der Waals surface area (Å²) in [6, 6.07) is 22.5. The van der Waals surface area contributed by atoms with E-state index in [0.29, 0.717) is 22.0 Å². The van der Waals surface area contributed by atoms with Crippen LogP contribution in [0.4, 0.5) is 17.1 Å². The van der Waals surface area contributed by atoms with Crippen molar-refractivity contribution >= 4 is 52.2 Å². The average Bonchev–Trinajstić information content (AvgIpc) is 3.15. The van der Waals surface area contributed by atoms with Gasteiger partial charge in [-0.1, -0.05) is 35.9 Å². The van der Waals surface area contributed by atoms with Gasteiger partial charge in [0.1, 0.15) is 5.37 Å². The Balaban J connectivity index is 1.58. The van der Waals surface area contributed by atoms with Gasteiger partial charge >= 0.3 is 0 Å². The van der Waals surface area contributed by atoms with E-state index in [0.717, 1.165) is 16.9 Å². The molecule has 1 aliphatic heterocycles. The number of nitrogens with zero attached hydrogens (tertiary/aromatic N) is 2. The maximum Gasteiger partial charge on any atom is 0.257 e. The van der Waals surface area contributed by atoms with Gasteiger partial charge in [0.15, 0.2) is 0 Å². The average molecular weight is 452 g/mol. The van der Waals surface area contributed by atoms with Crippen LogP contribution >= 0.6 is 23.4 Å². The number of hydrogen-bond acceptors (Lipinski definition) is 4. The Labute approximate surface area is 191 Å². The van der Waals surface area contributed by atoms with Gasteiger partial charge in [-0.15, -0.1) is 11.8 Å². The molecule has 2 amide bonds. The first kappa shape index (κ1) is 21.3. The smallest absolute Gasteiger partial charge is 0.257 e. The van der Waals surface area contributed by atoms with Gasteiger partial charge in [0.05, 0.1) is 16.3 Å². The van der Waals surface area contributed by atoms with Crippen molar-refractivity contribution in [2.45, 2.75) is 5.37 Å². The third-order valence-electron chi connectivity index (χ3n) is 5.06. The summed E-state index contributed by atoms with van der Waals surface area (Å²) >= 11 is 7.72. The number of halogens is 1. The highest BCUT2D eigenvalue weighted by atomic mass is 35.5. The standard InChI is InChI=1S/C24H22ClN3O2S/c1-27(2)18-10-12-19(13-11-18)28-22(29)15-31-24(28)16-6-5-7-17(14-16)26-23(30)20-8-3-4-9-21(20)25/h3-14,24H,15H2,1-2H3,(H,26,30). The summed E-state index contributed by atoms with van der Waals surface area (Å²) in [5, 5.41) is 3.15. The number of nitrogens with one attached hydrogen (secondary N) is 1. The van der Waals surface area contributed by atoms with Gasteiger partial charge in [-0.25, -0.2) is 0 Å². The molecule has 0 aromatic heterocycles. The molecule has 1 unspecified atom stereocenters. The lowest BCUT2D eigenvalue weighted by molar-refractivity contribution is -0.115. The summed E-state index contributed by atoms with van der Waals surface area (Å²) in [4.78, 5) is 29.1. The van der Waals surface area contributed by atoms with Crippen LogP contribution in [-0.4, -0.2) is 31.7 Å². The Kier molecular flexibility index (Phi) is 6.20. The number of thioether (sulfide) groups is 1. The van der Waals surface area contributed by atoms with Crippen LogP contribution < -0.4 is 15.1 Å². The normalized spacial score (nSPS) is 15.8. The Morgan fingerprint density at radius 3 is 2.52 bits per heavy atom. The summed E-state index contributed by atoms with van der Waals surface area (Å²) in [6.45, 7) is 0. The van der Waals surface area contributed by atoms with E-state index in [-0.39, 0.29) is 17.2 Å². The predicted octanol–water partition coefficient (Wildman–Crippen LogP) is 5.44. The number of benzene rings is 3. The van der Waals surface area contributed by atoms with Crippen molar-refractivity contribution in [2.75, 3.05) is 35.0 Å². The van der Waals surface area contributed by atoms with Gasteiger partial charge < -0.3 is 10.2 Å². The second kappa shape index (κ2) is 9.04. The highest BCUT2D eigenvalue weighted by Gasteiger charge is 2.34. The Bertz CT molecular complexity index is 1120. The molecule has 1 fully saturated rings. The Morgan fingerprint density at radius 1 is 1.06 bits per heavy atom.